The Morgan fingerprint density at radius 3 is 2.88 bits per heavy atom. The summed E-state index contributed by atoms with van der Waals surface area (Å²) in [4.78, 5) is 32.7. The number of hydrogen-bond donors (Lipinski definition) is 2. The van der Waals surface area contributed by atoms with Gasteiger partial charge >= 0.3 is 5.69 Å². The molecular weight excluding hydrogens is 326 g/mol. The van der Waals surface area contributed by atoms with Gasteiger partial charge in [-0.05, 0) is 12.1 Å². The van der Waals surface area contributed by atoms with E-state index in [-0.39, 0.29) is 17.7 Å². The van der Waals surface area contributed by atoms with Crippen LogP contribution >= 0.6 is 0 Å². The summed E-state index contributed by atoms with van der Waals surface area (Å²) in [6.07, 6.45) is -0.687. The Morgan fingerprint density at radius 2 is 2.12 bits per heavy atom. The summed E-state index contributed by atoms with van der Waals surface area (Å²) in [7, 11) is 3.13. The maximum atomic E-state index is 12.3. The van der Waals surface area contributed by atoms with Crippen molar-refractivity contribution in [3.05, 3.63) is 45.1 Å². The lowest BCUT2D eigenvalue weighted by molar-refractivity contribution is 0.154. The van der Waals surface area contributed by atoms with Crippen LogP contribution in [0, 0.1) is 0 Å². The maximum absolute atomic E-state index is 12.3. The molecule has 0 amide bonds. The number of β-amino-alcohol motifs (C(OH)–C–C–N with tert-alkyl or cyclic N) is 1. The van der Waals surface area contributed by atoms with Gasteiger partial charge in [-0.3, -0.25) is 14.3 Å². The first-order valence-electron chi connectivity index (χ1n) is 7.79. The maximum Gasteiger partial charge on any atom is 0.329 e. The van der Waals surface area contributed by atoms with E-state index in [1.54, 1.807) is 23.6 Å². The number of nitrogens with one attached hydrogen (secondary N) is 1. The summed E-state index contributed by atoms with van der Waals surface area (Å²) in [5.41, 5.74) is 0.281. The van der Waals surface area contributed by atoms with Gasteiger partial charge in [0, 0.05) is 18.8 Å². The average Bonchev–Trinajstić information content (AvgIpc) is 2.99. The largest absolute Gasteiger partial charge is 0.497 e. The molecule has 2 N–H and O–H groups in total. The molecule has 0 saturated heterocycles. The normalized spacial score (nSPS) is 16.9. The fraction of sp³-hybridized carbons (Fsp3) is 0.312. The van der Waals surface area contributed by atoms with E-state index in [4.69, 9.17) is 4.74 Å². The predicted molar refractivity (Wildman–Crippen MR) is 91.6 cm³/mol. The lowest BCUT2D eigenvalue weighted by atomic mass is 10.2. The molecule has 1 atom stereocenters. The Kier molecular flexibility index (Phi) is 3.39. The minimum Gasteiger partial charge on any atom is -0.497 e. The van der Waals surface area contributed by atoms with Crippen molar-refractivity contribution in [2.24, 2.45) is 7.05 Å². The Bertz CT molecular complexity index is 1080. The van der Waals surface area contributed by atoms with Crippen LogP contribution in [0.25, 0.3) is 11.2 Å². The van der Waals surface area contributed by atoms with Crippen LogP contribution in [-0.2, 0) is 13.6 Å². The molecule has 1 aromatic carbocycles. The molecule has 3 heterocycles. The molecule has 9 heteroatoms. The van der Waals surface area contributed by atoms with E-state index in [1.165, 1.54) is 4.57 Å². The fourth-order valence-electron chi connectivity index (χ4n) is 3.16. The highest BCUT2D eigenvalue weighted by Gasteiger charge is 2.29. The first kappa shape index (κ1) is 15.5. The summed E-state index contributed by atoms with van der Waals surface area (Å²) >= 11 is 0. The summed E-state index contributed by atoms with van der Waals surface area (Å²) in [5.74, 6) is 1.17. The molecule has 0 spiro atoms. The molecule has 2 aromatic heterocycles. The highest BCUT2D eigenvalue weighted by molar-refractivity contribution is 5.77. The number of aromatic amines is 1. The van der Waals surface area contributed by atoms with Crippen molar-refractivity contribution in [2.45, 2.75) is 12.6 Å². The van der Waals surface area contributed by atoms with Gasteiger partial charge in [-0.2, -0.15) is 4.98 Å². The van der Waals surface area contributed by atoms with Crippen LogP contribution in [0.3, 0.4) is 0 Å². The Labute approximate surface area is 141 Å². The molecule has 0 aliphatic carbocycles. The van der Waals surface area contributed by atoms with Crippen molar-refractivity contribution in [2.75, 3.05) is 18.6 Å². The molecule has 4 rings (SSSR count). The molecule has 0 fully saturated rings. The number of imidazole rings is 1. The zero-order chi connectivity index (χ0) is 17.7. The number of aromatic nitrogens is 4. The first-order chi connectivity index (χ1) is 12.0. The predicted octanol–water partition coefficient (Wildman–Crippen LogP) is -0.0555. The molecule has 1 aliphatic rings. The number of anilines is 2. The third-order valence-corrected chi connectivity index (χ3v) is 4.38. The first-order valence-corrected chi connectivity index (χ1v) is 7.79. The van der Waals surface area contributed by atoms with Gasteiger partial charge in [-0.15, -0.1) is 0 Å². The molecule has 9 nitrogen and oxygen atoms in total. The van der Waals surface area contributed by atoms with Crippen molar-refractivity contribution in [1.29, 1.82) is 0 Å². The zero-order valence-electron chi connectivity index (χ0n) is 13.8. The summed E-state index contributed by atoms with van der Waals surface area (Å²) in [6.45, 7) is 0.552. The second kappa shape index (κ2) is 5.49. The third kappa shape index (κ3) is 2.31. The molecule has 130 valence electrons. The third-order valence-electron chi connectivity index (χ3n) is 4.38. The van der Waals surface area contributed by atoms with Crippen LogP contribution in [-0.4, -0.2) is 44.0 Å². The molecule has 1 unspecified atom stereocenters. The number of hydrogen-bond acceptors (Lipinski definition) is 6. The number of aliphatic hydroxyl groups is 1. The van der Waals surface area contributed by atoms with E-state index in [2.05, 4.69) is 9.97 Å². The standard InChI is InChI=1S/C16H17N5O4/c1-19-13-12(14(23)18-16(19)24)21-8-10(22)7-20(15(21)17-13)9-4-3-5-11(6-9)25-2/h3-6,10,22H,7-8H2,1-2H3,(H,18,23,24). The number of nitrogens with zero attached hydrogens (tertiary/aromatic N) is 4. The average molecular weight is 343 g/mol. The summed E-state index contributed by atoms with van der Waals surface area (Å²) in [5, 5.41) is 10.3. The molecule has 0 saturated carbocycles. The quantitative estimate of drug-likeness (QED) is 0.676. The Balaban J connectivity index is 1.99. The van der Waals surface area contributed by atoms with Crippen LogP contribution < -0.4 is 20.9 Å². The van der Waals surface area contributed by atoms with Gasteiger partial charge in [0.2, 0.25) is 5.95 Å². The lowest BCUT2D eigenvalue weighted by Gasteiger charge is -2.32. The highest BCUT2D eigenvalue weighted by atomic mass is 16.5. The summed E-state index contributed by atoms with van der Waals surface area (Å²) in [6, 6.07) is 7.35. The van der Waals surface area contributed by atoms with Crippen molar-refractivity contribution in [3.8, 4) is 5.75 Å². The minimum atomic E-state index is -0.687. The fourth-order valence-corrected chi connectivity index (χ4v) is 3.16. The second-order valence-electron chi connectivity index (χ2n) is 5.98. The number of rotatable bonds is 2. The van der Waals surface area contributed by atoms with Gasteiger partial charge in [0.05, 0.1) is 26.3 Å². The van der Waals surface area contributed by atoms with Crippen molar-refractivity contribution >= 4 is 22.8 Å². The molecular formula is C16H17N5O4. The lowest BCUT2D eigenvalue weighted by Crippen LogP contribution is -2.39. The monoisotopic (exact) mass is 343 g/mol. The van der Waals surface area contributed by atoms with Crippen molar-refractivity contribution < 1.29 is 9.84 Å². The Hall–Kier alpha value is -3.07. The van der Waals surface area contributed by atoms with Gasteiger partial charge in [-0.25, -0.2) is 4.79 Å². The zero-order valence-corrected chi connectivity index (χ0v) is 13.8. The number of methoxy groups -OCH3 is 1. The molecule has 0 bridgehead atoms. The van der Waals surface area contributed by atoms with Crippen molar-refractivity contribution in [1.82, 2.24) is 19.1 Å². The SMILES string of the molecule is COc1cccc(N2CC(O)Cn3c2nc2c3c(=O)[nH]c(=O)n2C)c1. The van der Waals surface area contributed by atoms with E-state index in [1.807, 2.05) is 24.3 Å². The number of aryl methyl sites for hydroxylation is 1. The second-order valence-corrected chi connectivity index (χ2v) is 5.98. The Morgan fingerprint density at radius 1 is 1.32 bits per heavy atom. The number of fused-ring (bicyclic) bond motifs is 3. The van der Waals surface area contributed by atoms with Crippen LogP contribution in [0.15, 0.2) is 33.9 Å². The van der Waals surface area contributed by atoms with Crippen LogP contribution in [0.5, 0.6) is 5.75 Å². The minimum absolute atomic E-state index is 0.230. The van der Waals surface area contributed by atoms with Gasteiger partial charge in [0.15, 0.2) is 11.2 Å². The smallest absolute Gasteiger partial charge is 0.329 e. The molecule has 25 heavy (non-hydrogen) atoms. The van der Waals surface area contributed by atoms with Gasteiger partial charge < -0.3 is 19.3 Å². The topological polar surface area (TPSA) is 105 Å². The van der Waals surface area contributed by atoms with Crippen molar-refractivity contribution in [3.63, 3.8) is 0 Å². The molecule has 1 aliphatic heterocycles. The van der Waals surface area contributed by atoms with Crippen LogP contribution in [0.2, 0.25) is 0 Å². The molecule has 0 radical (unpaired) electrons. The van der Waals surface area contributed by atoms with E-state index in [0.29, 0.717) is 18.2 Å². The van der Waals surface area contributed by atoms with E-state index >= 15 is 0 Å². The number of H-pyrrole nitrogens is 1. The number of aliphatic hydroxyl groups excluding tert-OH is 1. The number of benzene rings is 1. The van der Waals surface area contributed by atoms with E-state index in [0.717, 1.165) is 5.69 Å². The highest BCUT2D eigenvalue weighted by Crippen LogP contribution is 2.32. The van der Waals surface area contributed by atoms with Gasteiger partial charge in [0.1, 0.15) is 5.75 Å². The van der Waals surface area contributed by atoms with E-state index < -0.39 is 17.4 Å². The number of ether oxygens (including phenoxy) is 1. The van der Waals surface area contributed by atoms with Gasteiger partial charge in [-0.1, -0.05) is 6.07 Å². The van der Waals surface area contributed by atoms with E-state index in [9.17, 15) is 14.7 Å². The van der Waals surface area contributed by atoms with Gasteiger partial charge in [0.25, 0.3) is 5.56 Å². The summed E-state index contributed by atoms with van der Waals surface area (Å²) < 4.78 is 8.19. The van der Waals surface area contributed by atoms with Crippen LogP contribution in [0.4, 0.5) is 11.6 Å². The molecule has 3 aromatic rings. The van der Waals surface area contributed by atoms with Crippen LogP contribution in [0.1, 0.15) is 0 Å².